The predicted octanol–water partition coefficient (Wildman–Crippen LogP) is 4.60. The van der Waals surface area contributed by atoms with E-state index in [-0.39, 0.29) is 11.6 Å². The molecule has 0 aliphatic carbocycles. The molecule has 0 bridgehead atoms. The van der Waals surface area contributed by atoms with Crippen LogP contribution in [0.4, 0.5) is 13.2 Å². The Balaban J connectivity index is 2.01. The summed E-state index contributed by atoms with van der Waals surface area (Å²) >= 11 is 0. The average molecular weight is 336 g/mol. The minimum absolute atomic E-state index is 0.0929. The molecule has 0 unspecified atom stereocenters. The molecule has 0 fully saturated rings. The maximum absolute atomic E-state index is 12.2. The summed E-state index contributed by atoms with van der Waals surface area (Å²) in [5, 5.41) is 9.58. The third-order valence-electron chi connectivity index (χ3n) is 3.22. The molecule has 0 saturated heterocycles. The highest BCUT2D eigenvalue weighted by atomic mass is 19.4. The molecule has 24 heavy (non-hydrogen) atoms. The number of aliphatic hydroxyl groups is 1. The van der Waals surface area contributed by atoms with Crippen LogP contribution >= 0.6 is 0 Å². The van der Waals surface area contributed by atoms with Gasteiger partial charge in [0.05, 0.1) is 0 Å². The number of hydrogen-bond acceptors (Lipinski definition) is 3. The quantitative estimate of drug-likeness (QED) is 0.641. The van der Waals surface area contributed by atoms with Crippen molar-refractivity contribution < 1.29 is 27.8 Å². The van der Waals surface area contributed by atoms with Crippen molar-refractivity contribution in [3.8, 4) is 5.75 Å². The lowest BCUT2D eigenvalue weighted by molar-refractivity contribution is -0.165. The third-order valence-corrected chi connectivity index (χ3v) is 3.22. The van der Waals surface area contributed by atoms with Crippen molar-refractivity contribution in [1.82, 2.24) is 0 Å². The van der Waals surface area contributed by atoms with Crippen LogP contribution in [0, 0.1) is 6.92 Å². The number of ether oxygens (including phenoxy) is 1. The highest BCUT2D eigenvalue weighted by Crippen LogP contribution is 2.22. The Morgan fingerprint density at radius 3 is 2.21 bits per heavy atom. The van der Waals surface area contributed by atoms with Gasteiger partial charge in [-0.3, -0.25) is 4.79 Å². The van der Waals surface area contributed by atoms with Crippen molar-refractivity contribution in [2.24, 2.45) is 0 Å². The van der Waals surface area contributed by atoms with E-state index in [0.717, 1.165) is 11.1 Å². The molecule has 2 aromatic carbocycles. The van der Waals surface area contributed by atoms with E-state index in [4.69, 9.17) is 4.74 Å². The monoisotopic (exact) mass is 336 g/mol. The number of benzene rings is 2. The smallest absolute Gasteiger partial charge is 0.454 e. The lowest BCUT2D eigenvalue weighted by atomic mass is 10.1. The normalized spacial score (nSPS) is 12.1. The largest absolute Gasteiger partial charge is 0.507 e. The second kappa shape index (κ2) is 7.21. The molecule has 3 nitrogen and oxygen atoms in total. The second-order valence-corrected chi connectivity index (χ2v) is 5.19. The van der Waals surface area contributed by atoms with Crippen molar-refractivity contribution in [2.45, 2.75) is 19.7 Å². The number of allylic oxidation sites excluding steroid dienone is 1. The van der Waals surface area contributed by atoms with Gasteiger partial charge in [0.2, 0.25) is 0 Å². The van der Waals surface area contributed by atoms with E-state index < -0.39 is 17.7 Å². The summed E-state index contributed by atoms with van der Waals surface area (Å²) in [5.41, 5.74) is 2.21. The van der Waals surface area contributed by atoms with Gasteiger partial charge in [-0.1, -0.05) is 29.8 Å². The summed E-state index contributed by atoms with van der Waals surface area (Å²) in [4.78, 5) is 10.8. The number of carbonyl (C=O) groups is 1. The van der Waals surface area contributed by atoms with Crippen molar-refractivity contribution >= 4 is 11.5 Å². The van der Waals surface area contributed by atoms with Crippen molar-refractivity contribution in [3.05, 3.63) is 71.3 Å². The van der Waals surface area contributed by atoms with Gasteiger partial charge in [0.1, 0.15) is 18.1 Å². The Bertz CT molecular complexity index is 730. The first-order chi connectivity index (χ1) is 11.3. The minimum Gasteiger partial charge on any atom is -0.507 e. The fourth-order valence-electron chi connectivity index (χ4n) is 1.86. The molecule has 0 aliphatic heterocycles. The molecule has 0 spiro atoms. The van der Waals surface area contributed by atoms with E-state index in [1.807, 2.05) is 31.2 Å². The van der Waals surface area contributed by atoms with E-state index in [9.17, 15) is 23.1 Å². The molecule has 0 aliphatic rings. The summed E-state index contributed by atoms with van der Waals surface area (Å²) in [7, 11) is 0. The highest BCUT2D eigenvalue weighted by Gasteiger charge is 2.36. The molecule has 2 aromatic rings. The van der Waals surface area contributed by atoms with Crippen molar-refractivity contribution in [1.29, 1.82) is 0 Å². The van der Waals surface area contributed by atoms with Gasteiger partial charge in [0, 0.05) is 11.6 Å². The molecule has 1 N–H and O–H groups in total. The first-order valence-electron chi connectivity index (χ1n) is 7.06. The Kier molecular flexibility index (Phi) is 5.28. The molecule has 0 aromatic heterocycles. The molecule has 0 radical (unpaired) electrons. The van der Waals surface area contributed by atoms with Gasteiger partial charge in [0.15, 0.2) is 0 Å². The predicted molar refractivity (Wildman–Crippen MR) is 83.6 cm³/mol. The fraction of sp³-hybridized carbons (Fsp3) is 0.167. The lowest BCUT2D eigenvalue weighted by Gasteiger charge is -2.08. The Labute approximate surface area is 137 Å². The zero-order valence-corrected chi connectivity index (χ0v) is 12.8. The summed E-state index contributed by atoms with van der Waals surface area (Å²) < 4.78 is 42.0. The van der Waals surface area contributed by atoms with Crippen LogP contribution in [0.15, 0.2) is 54.6 Å². The van der Waals surface area contributed by atoms with E-state index in [0.29, 0.717) is 12.4 Å². The van der Waals surface area contributed by atoms with E-state index in [2.05, 4.69) is 0 Å². The topological polar surface area (TPSA) is 46.5 Å². The maximum Gasteiger partial charge on any atom is 0.454 e. The van der Waals surface area contributed by atoms with E-state index in [1.54, 1.807) is 0 Å². The molecule has 126 valence electrons. The summed E-state index contributed by atoms with van der Waals surface area (Å²) in [5.74, 6) is -2.36. The summed E-state index contributed by atoms with van der Waals surface area (Å²) in [6.45, 7) is 2.32. The van der Waals surface area contributed by atoms with Crippen LogP contribution in [0.2, 0.25) is 0 Å². The van der Waals surface area contributed by atoms with Crippen LogP contribution in [0.25, 0.3) is 5.76 Å². The average Bonchev–Trinajstić information content (AvgIpc) is 2.54. The van der Waals surface area contributed by atoms with Gasteiger partial charge in [-0.25, -0.2) is 0 Å². The van der Waals surface area contributed by atoms with Gasteiger partial charge in [-0.15, -0.1) is 0 Å². The van der Waals surface area contributed by atoms with Crippen LogP contribution in [0.5, 0.6) is 5.75 Å². The van der Waals surface area contributed by atoms with Gasteiger partial charge >= 0.3 is 6.18 Å². The number of carbonyl (C=O) groups excluding carboxylic acids is 1. The number of ketones is 1. The van der Waals surface area contributed by atoms with Gasteiger partial charge < -0.3 is 9.84 Å². The second-order valence-electron chi connectivity index (χ2n) is 5.19. The maximum atomic E-state index is 12.2. The number of alkyl halides is 3. The lowest BCUT2D eigenvalue weighted by Crippen LogP contribution is -2.20. The first-order valence-corrected chi connectivity index (χ1v) is 7.06. The highest BCUT2D eigenvalue weighted by molar-refractivity contribution is 5.99. The van der Waals surface area contributed by atoms with Crippen LogP contribution < -0.4 is 4.74 Å². The van der Waals surface area contributed by atoms with Crippen LogP contribution in [0.1, 0.15) is 16.7 Å². The van der Waals surface area contributed by atoms with Crippen LogP contribution in [-0.4, -0.2) is 17.1 Å². The molecule has 0 saturated carbocycles. The molecular formula is C18H15F3O3. The summed E-state index contributed by atoms with van der Waals surface area (Å²) in [6, 6.07) is 13.5. The number of hydrogen-bond donors (Lipinski definition) is 1. The zero-order chi connectivity index (χ0) is 17.7. The van der Waals surface area contributed by atoms with Gasteiger partial charge in [-0.2, -0.15) is 13.2 Å². The van der Waals surface area contributed by atoms with E-state index >= 15 is 0 Å². The van der Waals surface area contributed by atoms with Crippen LogP contribution in [-0.2, 0) is 11.4 Å². The SMILES string of the molecule is Cc1ccc(COc2ccc(/C(O)=C/C(=O)C(F)(F)F)cc2)cc1. The van der Waals surface area contributed by atoms with E-state index in [1.165, 1.54) is 24.3 Å². The standard InChI is InChI=1S/C18H15F3O3/c1-12-2-4-13(5-3-12)11-24-15-8-6-14(7-9-15)16(22)10-17(23)18(19,20)21/h2-10,22H,11H2,1H3/b16-10-. The van der Waals surface area contributed by atoms with Gasteiger partial charge in [-0.05, 0) is 36.8 Å². The fourth-order valence-corrected chi connectivity index (χ4v) is 1.86. The van der Waals surface area contributed by atoms with Crippen LogP contribution in [0.3, 0.4) is 0 Å². The molecule has 0 amide bonds. The first kappa shape index (κ1) is 17.6. The number of aryl methyl sites for hydroxylation is 1. The molecule has 2 rings (SSSR count). The Morgan fingerprint density at radius 1 is 1.08 bits per heavy atom. The van der Waals surface area contributed by atoms with Crippen molar-refractivity contribution in [3.63, 3.8) is 0 Å². The number of rotatable bonds is 5. The Morgan fingerprint density at radius 2 is 1.67 bits per heavy atom. The molecule has 0 heterocycles. The molecule has 0 atom stereocenters. The number of halogens is 3. The zero-order valence-electron chi connectivity index (χ0n) is 12.8. The number of aliphatic hydroxyl groups excluding tert-OH is 1. The van der Waals surface area contributed by atoms with Gasteiger partial charge in [0.25, 0.3) is 5.78 Å². The molecule has 6 heteroatoms. The minimum atomic E-state index is -5.01. The summed E-state index contributed by atoms with van der Waals surface area (Å²) in [6.07, 6.45) is -4.85. The van der Waals surface area contributed by atoms with Crippen molar-refractivity contribution in [2.75, 3.05) is 0 Å². The third kappa shape index (κ3) is 4.87. The molecular weight excluding hydrogens is 321 g/mol. The Hall–Kier alpha value is -2.76.